The SMILES string of the molecule is CCNC(=NCc1ccc(OC(F)F)c(OCC)c1)NCc1ncc(CC)s1. The molecular weight excluding hydrogens is 386 g/mol. The molecule has 0 saturated carbocycles. The van der Waals surface area contributed by atoms with E-state index in [2.05, 4.69) is 32.3 Å². The number of aliphatic imine (C=N–C) groups is 1. The number of benzene rings is 1. The highest BCUT2D eigenvalue weighted by atomic mass is 32.1. The Bertz CT molecular complexity index is 768. The van der Waals surface area contributed by atoms with Gasteiger partial charge in [-0.3, -0.25) is 0 Å². The summed E-state index contributed by atoms with van der Waals surface area (Å²) < 4.78 is 34.9. The molecule has 28 heavy (non-hydrogen) atoms. The van der Waals surface area contributed by atoms with Gasteiger partial charge < -0.3 is 20.1 Å². The zero-order valence-corrected chi connectivity index (χ0v) is 17.1. The summed E-state index contributed by atoms with van der Waals surface area (Å²) >= 11 is 1.67. The molecule has 1 aromatic carbocycles. The molecule has 0 radical (unpaired) electrons. The van der Waals surface area contributed by atoms with Crippen molar-refractivity contribution in [1.82, 2.24) is 15.6 Å². The molecule has 2 rings (SSSR count). The van der Waals surface area contributed by atoms with E-state index in [0.29, 0.717) is 25.7 Å². The molecular formula is C19H26F2N4O2S. The van der Waals surface area contributed by atoms with E-state index < -0.39 is 6.61 Å². The minimum atomic E-state index is -2.90. The number of guanidine groups is 1. The summed E-state index contributed by atoms with van der Waals surface area (Å²) in [7, 11) is 0. The normalized spacial score (nSPS) is 11.6. The number of rotatable bonds is 10. The molecule has 0 atom stereocenters. The van der Waals surface area contributed by atoms with Crippen LogP contribution < -0.4 is 20.1 Å². The van der Waals surface area contributed by atoms with E-state index in [1.807, 2.05) is 13.1 Å². The number of alkyl halides is 2. The zero-order chi connectivity index (χ0) is 20.4. The molecule has 0 saturated heterocycles. The summed E-state index contributed by atoms with van der Waals surface area (Å²) in [5.41, 5.74) is 0.824. The lowest BCUT2D eigenvalue weighted by Crippen LogP contribution is -2.36. The van der Waals surface area contributed by atoms with Crippen molar-refractivity contribution in [3.8, 4) is 11.5 Å². The van der Waals surface area contributed by atoms with Crippen molar-refractivity contribution in [3.05, 3.63) is 39.8 Å². The lowest BCUT2D eigenvalue weighted by atomic mass is 10.2. The molecule has 6 nitrogen and oxygen atoms in total. The third-order valence-electron chi connectivity index (χ3n) is 3.64. The predicted molar refractivity (Wildman–Crippen MR) is 107 cm³/mol. The monoisotopic (exact) mass is 412 g/mol. The minimum Gasteiger partial charge on any atom is -0.490 e. The maximum Gasteiger partial charge on any atom is 0.387 e. The predicted octanol–water partition coefficient (Wildman–Crippen LogP) is 3.96. The first-order valence-corrected chi connectivity index (χ1v) is 10.0. The van der Waals surface area contributed by atoms with E-state index in [1.54, 1.807) is 30.4 Å². The number of hydrogen-bond donors (Lipinski definition) is 2. The lowest BCUT2D eigenvalue weighted by Gasteiger charge is -2.13. The van der Waals surface area contributed by atoms with E-state index in [-0.39, 0.29) is 11.5 Å². The van der Waals surface area contributed by atoms with E-state index >= 15 is 0 Å². The lowest BCUT2D eigenvalue weighted by molar-refractivity contribution is -0.0514. The number of hydrogen-bond acceptors (Lipinski definition) is 5. The van der Waals surface area contributed by atoms with Crippen LogP contribution in [-0.4, -0.2) is 30.7 Å². The number of nitrogens with one attached hydrogen (secondary N) is 2. The van der Waals surface area contributed by atoms with Gasteiger partial charge in [0.2, 0.25) is 0 Å². The fraction of sp³-hybridized carbons (Fsp3) is 0.474. The Hall–Kier alpha value is -2.42. The molecule has 2 N–H and O–H groups in total. The zero-order valence-electron chi connectivity index (χ0n) is 16.3. The summed E-state index contributed by atoms with van der Waals surface area (Å²) in [4.78, 5) is 10.2. The molecule has 0 aliphatic rings. The molecule has 0 amide bonds. The van der Waals surface area contributed by atoms with Gasteiger partial charge in [0.1, 0.15) is 5.01 Å². The number of halogens is 2. The van der Waals surface area contributed by atoms with Gasteiger partial charge in [0.05, 0.1) is 19.7 Å². The van der Waals surface area contributed by atoms with Crippen LogP contribution in [0.4, 0.5) is 8.78 Å². The fourth-order valence-corrected chi connectivity index (χ4v) is 3.18. The Morgan fingerprint density at radius 2 is 2.04 bits per heavy atom. The van der Waals surface area contributed by atoms with Gasteiger partial charge in [-0.2, -0.15) is 8.78 Å². The van der Waals surface area contributed by atoms with Crippen LogP contribution in [0, 0.1) is 0 Å². The van der Waals surface area contributed by atoms with Gasteiger partial charge in [-0.15, -0.1) is 11.3 Å². The molecule has 0 unspecified atom stereocenters. The number of ether oxygens (including phenoxy) is 2. The smallest absolute Gasteiger partial charge is 0.387 e. The topological polar surface area (TPSA) is 67.8 Å². The van der Waals surface area contributed by atoms with Crippen molar-refractivity contribution in [2.24, 2.45) is 4.99 Å². The number of thiazole rings is 1. The summed E-state index contributed by atoms with van der Waals surface area (Å²) in [5.74, 6) is 0.954. The van der Waals surface area contributed by atoms with Crippen LogP contribution >= 0.6 is 11.3 Å². The second kappa shape index (κ2) is 11.4. The van der Waals surface area contributed by atoms with Crippen LogP contribution in [0.2, 0.25) is 0 Å². The highest BCUT2D eigenvalue weighted by Crippen LogP contribution is 2.30. The van der Waals surface area contributed by atoms with Crippen LogP contribution in [0.5, 0.6) is 11.5 Å². The van der Waals surface area contributed by atoms with Crippen molar-refractivity contribution in [2.75, 3.05) is 13.2 Å². The Morgan fingerprint density at radius 3 is 2.68 bits per heavy atom. The van der Waals surface area contributed by atoms with Crippen LogP contribution in [0.1, 0.15) is 36.2 Å². The third kappa shape index (κ3) is 6.95. The van der Waals surface area contributed by atoms with Crippen LogP contribution in [0.15, 0.2) is 29.4 Å². The molecule has 0 fully saturated rings. The summed E-state index contributed by atoms with van der Waals surface area (Å²) in [6.45, 7) is 4.99. The van der Waals surface area contributed by atoms with E-state index in [9.17, 15) is 8.78 Å². The van der Waals surface area contributed by atoms with Crippen LogP contribution in [0.3, 0.4) is 0 Å². The molecule has 0 aliphatic heterocycles. The molecule has 2 aromatic rings. The van der Waals surface area contributed by atoms with Gasteiger partial charge in [-0.05, 0) is 38.0 Å². The molecule has 9 heteroatoms. The van der Waals surface area contributed by atoms with E-state index in [1.165, 1.54) is 10.9 Å². The molecule has 0 aliphatic carbocycles. The average molecular weight is 413 g/mol. The van der Waals surface area contributed by atoms with Crippen molar-refractivity contribution < 1.29 is 18.3 Å². The second-order valence-corrected chi connectivity index (χ2v) is 6.91. The molecule has 0 spiro atoms. The van der Waals surface area contributed by atoms with Crippen molar-refractivity contribution in [1.29, 1.82) is 0 Å². The fourth-order valence-electron chi connectivity index (χ4n) is 2.38. The molecule has 154 valence electrons. The van der Waals surface area contributed by atoms with Crippen LogP contribution in [0.25, 0.3) is 0 Å². The Labute approximate surface area is 168 Å². The van der Waals surface area contributed by atoms with E-state index in [0.717, 1.165) is 23.5 Å². The van der Waals surface area contributed by atoms with E-state index in [4.69, 9.17) is 4.74 Å². The molecule has 1 aromatic heterocycles. The van der Waals surface area contributed by atoms with Crippen molar-refractivity contribution in [2.45, 2.75) is 46.9 Å². The van der Waals surface area contributed by atoms with Crippen molar-refractivity contribution in [3.63, 3.8) is 0 Å². The minimum absolute atomic E-state index is 0.0186. The Morgan fingerprint density at radius 1 is 1.21 bits per heavy atom. The standard InChI is InChI=1S/C19H26F2N4O2S/c1-4-14-11-23-17(28-14)12-25-19(22-5-2)24-10-13-7-8-15(27-18(20)21)16(9-13)26-6-3/h7-9,11,18H,4-6,10,12H2,1-3H3,(H2,22,24,25). The maximum absolute atomic E-state index is 12.5. The Balaban J connectivity index is 2.04. The summed E-state index contributed by atoms with van der Waals surface area (Å²) in [5, 5.41) is 7.43. The number of aryl methyl sites for hydroxylation is 1. The first-order valence-electron chi connectivity index (χ1n) is 9.21. The summed E-state index contributed by atoms with van der Waals surface area (Å²) in [6.07, 6.45) is 2.86. The third-order valence-corrected chi connectivity index (χ3v) is 4.79. The molecule has 1 heterocycles. The first-order chi connectivity index (χ1) is 13.5. The Kier molecular flexibility index (Phi) is 8.93. The van der Waals surface area contributed by atoms with Gasteiger partial charge in [-0.25, -0.2) is 9.98 Å². The highest BCUT2D eigenvalue weighted by Gasteiger charge is 2.11. The highest BCUT2D eigenvalue weighted by molar-refractivity contribution is 7.11. The van der Waals surface area contributed by atoms with Gasteiger partial charge in [-0.1, -0.05) is 13.0 Å². The quantitative estimate of drug-likeness (QED) is 0.457. The van der Waals surface area contributed by atoms with Gasteiger partial charge >= 0.3 is 6.61 Å². The van der Waals surface area contributed by atoms with Crippen molar-refractivity contribution >= 4 is 17.3 Å². The number of nitrogens with zero attached hydrogens (tertiary/aromatic N) is 2. The summed E-state index contributed by atoms with van der Waals surface area (Å²) in [6, 6.07) is 4.84. The van der Waals surface area contributed by atoms with Gasteiger partial charge in [0.25, 0.3) is 0 Å². The first kappa shape index (κ1) is 21.9. The average Bonchev–Trinajstić information content (AvgIpc) is 3.14. The van der Waals surface area contributed by atoms with Gasteiger partial charge in [0, 0.05) is 17.6 Å². The maximum atomic E-state index is 12.5. The number of aromatic nitrogens is 1. The largest absolute Gasteiger partial charge is 0.490 e. The second-order valence-electron chi connectivity index (χ2n) is 5.72. The molecule has 0 bridgehead atoms. The van der Waals surface area contributed by atoms with Crippen LogP contribution in [-0.2, 0) is 19.5 Å². The van der Waals surface area contributed by atoms with Gasteiger partial charge in [0.15, 0.2) is 17.5 Å².